The molecule has 0 radical (unpaired) electrons. The first-order valence-corrected chi connectivity index (χ1v) is 8.23. The van der Waals surface area contributed by atoms with Gasteiger partial charge in [0.1, 0.15) is 0 Å². The van der Waals surface area contributed by atoms with Crippen LogP contribution in [0.25, 0.3) is 0 Å². The molecule has 1 saturated heterocycles. The number of benzene rings is 1. The van der Waals surface area contributed by atoms with E-state index in [1.54, 1.807) is 0 Å². The Morgan fingerprint density at radius 1 is 1.10 bits per heavy atom. The Labute approximate surface area is 129 Å². The molecule has 1 fully saturated rings. The third-order valence-electron chi connectivity index (χ3n) is 4.21. The number of piperidine rings is 1. The maximum absolute atomic E-state index is 12.3. The smallest absolute Gasteiger partial charge is 0.235 e. The summed E-state index contributed by atoms with van der Waals surface area (Å²) >= 11 is 0. The highest BCUT2D eigenvalue weighted by Crippen LogP contribution is 2.44. The SMILES string of the molecule is CC.CC.Cc1ccc2c(c1)C1(CCN(C)CC1)C(=O)N2. The molecule has 3 nitrogen and oxygen atoms in total. The van der Waals surface area contributed by atoms with Crippen LogP contribution < -0.4 is 5.32 Å². The molecule has 0 unspecified atom stereocenters. The zero-order valence-electron chi connectivity index (χ0n) is 14.4. The van der Waals surface area contributed by atoms with E-state index in [1.165, 1.54) is 11.1 Å². The number of carbonyl (C=O) groups is 1. The van der Waals surface area contributed by atoms with Gasteiger partial charge in [-0.1, -0.05) is 45.4 Å². The predicted octanol–water partition coefficient (Wildman–Crippen LogP) is 3.96. The lowest BCUT2D eigenvalue weighted by atomic mass is 9.73. The van der Waals surface area contributed by atoms with Crippen LogP contribution in [0.15, 0.2) is 18.2 Å². The average molecular weight is 290 g/mol. The van der Waals surface area contributed by atoms with Crippen molar-refractivity contribution in [2.45, 2.75) is 52.9 Å². The Balaban J connectivity index is 0.000000510. The molecule has 1 spiro atoms. The van der Waals surface area contributed by atoms with Crippen molar-refractivity contribution in [2.75, 3.05) is 25.5 Å². The number of nitrogens with one attached hydrogen (secondary N) is 1. The number of likely N-dealkylation sites (tertiary alicyclic amines) is 1. The second-order valence-electron chi connectivity index (χ2n) is 5.39. The molecule has 0 aliphatic carbocycles. The van der Waals surface area contributed by atoms with Crippen molar-refractivity contribution in [3.05, 3.63) is 29.3 Å². The van der Waals surface area contributed by atoms with E-state index in [1.807, 2.05) is 33.8 Å². The van der Waals surface area contributed by atoms with Crippen LogP contribution in [0.3, 0.4) is 0 Å². The zero-order valence-corrected chi connectivity index (χ0v) is 14.4. The van der Waals surface area contributed by atoms with Crippen LogP contribution in [0.2, 0.25) is 0 Å². The first-order valence-electron chi connectivity index (χ1n) is 8.23. The molecule has 3 rings (SSSR count). The summed E-state index contributed by atoms with van der Waals surface area (Å²) in [4.78, 5) is 14.6. The van der Waals surface area contributed by atoms with E-state index in [4.69, 9.17) is 0 Å². The van der Waals surface area contributed by atoms with Gasteiger partial charge in [-0.3, -0.25) is 4.79 Å². The van der Waals surface area contributed by atoms with Gasteiger partial charge in [0.15, 0.2) is 0 Å². The number of nitrogens with zero attached hydrogens (tertiary/aromatic N) is 1. The van der Waals surface area contributed by atoms with E-state index in [2.05, 4.69) is 36.3 Å². The molecular weight excluding hydrogens is 260 g/mol. The van der Waals surface area contributed by atoms with Gasteiger partial charge in [-0.25, -0.2) is 0 Å². The van der Waals surface area contributed by atoms with Crippen molar-refractivity contribution < 1.29 is 4.79 Å². The minimum Gasteiger partial charge on any atom is -0.325 e. The fourth-order valence-corrected chi connectivity index (χ4v) is 3.02. The number of aryl methyl sites for hydroxylation is 1. The maximum atomic E-state index is 12.3. The Morgan fingerprint density at radius 2 is 1.67 bits per heavy atom. The largest absolute Gasteiger partial charge is 0.325 e. The van der Waals surface area contributed by atoms with Crippen LogP contribution in [0, 0.1) is 6.92 Å². The molecule has 2 heterocycles. The number of carbonyl (C=O) groups excluding carboxylic acids is 1. The molecule has 21 heavy (non-hydrogen) atoms. The number of anilines is 1. The summed E-state index contributed by atoms with van der Waals surface area (Å²) in [6, 6.07) is 6.28. The summed E-state index contributed by atoms with van der Waals surface area (Å²) in [6.45, 7) is 12.1. The third-order valence-corrected chi connectivity index (χ3v) is 4.21. The average Bonchev–Trinajstić information content (AvgIpc) is 2.79. The number of fused-ring (bicyclic) bond motifs is 2. The number of amides is 1. The molecule has 1 aromatic rings. The van der Waals surface area contributed by atoms with Gasteiger partial charge < -0.3 is 10.2 Å². The Kier molecular flexibility index (Phi) is 6.41. The van der Waals surface area contributed by atoms with Crippen LogP contribution in [-0.2, 0) is 10.2 Å². The van der Waals surface area contributed by atoms with Crippen molar-refractivity contribution >= 4 is 11.6 Å². The normalized spacial score (nSPS) is 18.9. The van der Waals surface area contributed by atoms with E-state index in [0.29, 0.717) is 0 Å². The quantitative estimate of drug-likeness (QED) is 0.784. The second kappa shape index (κ2) is 7.60. The van der Waals surface area contributed by atoms with Crippen LogP contribution in [0.5, 0.6) is 0 Å². The molecule has 1 N–H and O–H groups in total. The molecule has 1 amide bonds. The van der Waals surface area contributed by atoms with Crippen molar-refractivity contribution in [1.29, 1.82) is 0 Å². The fourth-order valence-electron chi connectivity index (χ4n) is 3.02. The van der Waals surface area contributed by atoms with Crippen LogP contribution in [-0.4, -0.2) is 30.9 Å². The van der Waals surface area contributed by atoms with Gasteiger partial charge in [-0.2, -0.15) is 0 Å². The standard InChI is InChI=1S/C14H18N2O.2C2H6/c1-10-3-4-12-11(9-10)14(13(17)15-12)5-7-16(2)8-6-14;2*1-2/h3-4,9H,5-8H2,1-2H3,(H,15,17);2*1-2H3. The number of rotatable bonds is 0. The Morgan fingerprint density at radius 3 is 2.24 bits per heavy atom. The highest BCUT2D eigenvalue weighted by Gasteiger charge is 2.47. The van der Waals surface area contributed by atoms with Gasteiger partial charge in [0.25, 0.3) is 0 Å². The summed E-state index contributed by atoms with van der Waals surface area (Å²) < 4.78 is 0. The first kappa shape index (κ1) is 17.7. The third kappa shape index (κ3) is 3.29. The van der Waals surface area contributed by atoms with E-state index in [-0.39, 0.29) is 11.3 Å². The molecule has 0 atom stereocenters. The summed E-state index contributed by atoms with van der Waals surface area (Å²) in [7, 11) is 2.12. The molecule has 0 saturated carbocycles. The van der Waals surface area contributed by atoms with Gasteiger partial charge >= 0.3 is 0 Å². The van der Waals surface area contributed by atoms with Gasteiger partial charge in [0.05, 0.1) is 5.41 Å². The van der Waals surface area contributed by atoms with E-state index in [0.717, 1.165) is 31.6 Å². The summed E-state index contributed by atoms with van der Waals surface area (Å²) in [5.41, 5.74) is 3.22. The van der Waals surface area contributed by atoms with Gasteiger partial charge in [0, 0.05) is 5.69 Å². The highest BCUT2D eigenvalue weighted by molar-refractivity contribution is 6.06. The minimum atomic E-state index is -0.256. The Bertz CT molecular complexity index is 474. The van der Waals surface area contributed by atoms with E-state index < -0.39 is 0 Å². The summed E-state index contributed by atoms with van der Waals surface area (Å²) in [6.07, 6.45) is 1.87. The van der Waals surface area contributed by atoms with E-state index >= 15 is 0 Å². The topological polar surface area (TPSA) is 32.3 Å². The van der Waals surface area contributed by atoms with Crippen LogP contribution in [0.4, 0.5) is 5.69 Å². The lowest BCUT2D eigenvalue weighted by molar-refractivity contribution is -0.122. The fraction of sp³-hybridized carbons (Fsp3) is 0.611. The highest BCUT2D eigenvalue weighted by atomic mass is 16.2. The molecule has 3 heteroatoms. The number of hydrogen-bond acceptors (Lipinski definition) is 2. The molecule has 2 aliphatic heterocycles. The summed E-state index contributed by atoms with van der Waals surface area (Å²) in [5.74, 6) is 0.200. The summed E-state index contributed by atoms with van der Waals surface area (Å²) in [5, 5.41) is 3.04. The molecule has 0 aromatic heterocycles. The molecule has 118 valence electrons. The van der Waals surface area contributed by atoms with Crippen molar-refractivity contribution in [3.63, 3.8) is 0 Å². The van der Waals surface area contributed by atoms with Crippen LogP contribution in [0.1, 0.15) is 51.7 Å². The monoisotopic (exact) mass is 290 g/mol. The Hall–Kier alpha value is -1.35. The maximum Gasteiger partial charge on any atom is 0.235 e. The molecule has 0 bridgehead atoms. The molecule has 1 aromatic carbocycles. The lowest BCUT2D eigenvalue weighted by Gasteiger charge is -2.36. The van der Waals surface area contributed by atoms with Crippen molar-refractivity contribution in [2.24, 2.45) is 0 Å². The molecular formula is C18H30N2O. The van der Waals surface area contributed by atoms with Crippen molar-refractivity contribution in [1.82, 2.24) is 4.90 Å². The second-order valence-corrected chi connectivity index (χ2v) is 5.39. The van der Waals surface area contributed by atoms with Crippen LogP contribution >= 0.6 is 0 Å². The van der Waals surface area contributed by atoms with Gasteiger partial charge in [0.2, 0.25) is 5.91 Å². The zero-order chi connectivity index (χ0) is 16.0. The lowest BCUT2D eigenvalue weighted by Crippen LogP contribution is -2.45. The van der Waals surface area contributed by atoms with Gasteiger partial charge in [-0.15, -0.1) is 0 Å². The first-order chi connectivity index (χ1) is 10.1. The van der Waals surface area contributed by atoms with Crippen molar-refractivity contribution in [3.8, 4) is 0 Å². The predicted molar refractivity (Wildman–Crippen MR) is 90.9 cm³/mol. The number of hydrogen-bond donors (Lipinski definition) is 1. The van der Waals surface area contributed by atoms with Gasteiger partial charge in [-0.05, 0) is 51.5 Å². The molecule has 2 aliphatic rings. The van der Waals surface area contributed by atoms with E-state index in [9.17, 15) is 4.79 Å². The minimum absolute atomic E-state index is 0.200.